The predicted octanol–water partition coefficient (Wildman–Crippen LogP) is 2.10. The second kappa shape index (κ2) is 7.54. The van der Waals surface area contributed by atoms with Gasteiger partial charge >= 0.3 is 0 Å². The lowest BCUT2D eigenvalue weighted by Gasteiger charge is -2.02. The van der Waals surface area contributed by atoms with Gasteiger partial charge in [0.25, 0.3) is 0 Å². The molecule has 4 N–H and O–H groups in total. The number of hydrogen-bond donors (Lipinski definition) is 3. The third kappa shape index (κ3) is 4.68. The molecule has 0 aliphatic rings. The van der Waals surface area contributed by atoms with Gasteiger partial charge in [-0.05, 0) is 43.7 Å². The molecule has 1 amide bonds. The highest BCUT2D eigenvalue weighted by molar-refractivity contribution is 5.88. The minimum absolute atomic E-state index is 0.0830. The lowest BCUT2D eigenvalue weighted by atomic mass is 10.2. The number of anilines is 1. The molecule has 6 nitrogen and oxygen atoms in total. The predicted molar refractivity (Wildman–Crippen MR) is 82.7 cm³/mol. The van der Waals surface area contributed by atoms with E-state index < -0.39 is 0 Å². The minimum atomic E-state index is -0.0830. The van der Waals surface area contributed by atoms with Gasteiger partial charge in [-0.25, -0.2) is 4.98 Å². The Bertz CT molecular complexity index is 576. The van der Waals surface area contributed by atoms with Gasteiger partial charge in [0.15, 0.2) is 5.82 Å². The molecule has 0 radical (unpaired) electrons. The second-order valence-corrected chi connectivity index (χ2v) is 4.96. The Kier molecular flexibility index (Phi) is 5.45. The van der Waals surface area contributed by atoms with Crippen molar-refractivity contribution in [2.24, 2.45) is 5.73 Å². The van der Waals surface area contributed by atoms with Crippen molar-refractivity contribution in [1.29, 1.82) is 0 Å². The highest BCUT2D eigenvalue weighted by Crippen LogP contribution is 2.18. The zero-order valence-corrected chi connectivity index (χ0v) is 12.2. The van der Waals surface area contributed by atoms with E-state index in [-0.39, 0.29) is 5.91 Å². The molecule has 0 aliphatic carbocycles. The zero-order chi connectivity index (χ0) is 15.1. The van der Waals surface area contributed by atoms with Gasteiger partial charge in [-0.1, -0.05) is 6.42 Å². The number of carbonyl (C=O) groups is 1. The number of H-pyrrole nitrogens is 1. The van der Waals surface area contributed by atoms with Crippen molar-refractivity contribution in [3.05, 3.63) is 30.1 Å². The van der Waals surface area contributed by atoms with Crippen LogP contribution in [0.4, 0.5) is 5.69 Å². The second-order valence-electron chi connectivity index (χ2n) is 4.96. The lowest BCUT2D eigenvalue weighted by Crippen LogP contribution is -2.05. The molecule has 112 valence electrons. The summed E-state index contributed by atoms with van der Waals surface area (Å²) in [4.78, 5) is 15.5. The topological polar surface area (TPSA) is 96.7 Å². The van der Waals surface area contributed by atoms with E-state index in [4.69, 9.17) is 5.73 Å². The summed E-state index contributed by atoms with van der Waals surface area (Å²) in [5.74, 6) is 1.49. The van der Waals surface area contributed by atoms with E-state index in [1.165, 1.54) is 6.92 Å². The third-order valence-electron chi connectivity index (χ3n) is 3.11. The molecule has 0 unspecified atom stereocenters. The number of amides is 1. The standard InChI is InChI=1S/C15H21N5O/c1-11(21)17-13-8-6-12(7-9-13)15-18-14(19-20-15)5-3-2-4-10-16/h6-9H,2-5,10,16H2,1H3,(H,17,21)(H,18,19,20). The summed E-state index contributed by atoms with van der Waals surface area (Å²) in [6.45, 7) is 2.22. The molecule has 0 saturated carbocycles. The molecule has 1 heterocycles. The SMILES string of the molecule is CC(=O)Nc1ccc(-c2n[nH]c(CCCCCN)n2)cc1. The van der Waals surface area contributed by atoms with Crippen molar-refractivity contribution in [1.82, 2.24) is 15.2 Å². The molecule has 0 aliphatic heterocycles. The Morgan fingerprint density at radius 3 is 2.67 bits per heavy atom. The normalized spacial score (nSPS) is 10.6. The summed E-state index contributed by atoms with van der Waals surface area (Å²) in [7, 11) is 0. The number of unbranched alkanes of at least 4 members (excludes halogenated alkanes) is 2. The fourth-order valence-electron chi connectivity index (χ4n) is 2.06. The van der Waals surface area contributed by atoms with Gasteiger partial charge in [-0.2, -0.15) is 5.10 Å². The number of rotatable bonds is 7. The fourth-order valence-corrected chi connectivity index (χ4v) is 2.06. The van der Waals surface area contributed by atoms with E-state index in [0.29, 0.717) is 5.82 Å². The number of nitrogens with zero attached hydrogens (tertiary/aromatic N) is 2. The van der Waals surface area contributed by atoms with E-state index in [9.17, 15) is 4.79 Å². The van der Waals surface area contributed by atoms with E-state index in [0.717, 1.165) is 49.3 Å². The van der Waals surface area contributed by atoms with Gasteiger partial charge in [0.05, 0.1) is 0 Å². The fraction of sp³-hybridized carbons (Fsp3) is 0.400. The van der Waals surface area contributed by atoms with Crippen molar-refractivity contribution in [3.63, 3.8) is 0 Å². The highest BCUT2D eigenvalue weighted by Gasteiger charge is 2.06. The first-order valence-corrected chi connectivity index (χ1v) is 7.18. The third-order valence-corrected chi connectivity index (χ3v) is 3.11. The maximum absolute atomic E-state index is 11.0. The van der Waals surface area contributed by atoms with Crippen LogP contribution in [0.15, 0.2) is 24.3 Å². The van der Waals surface area contributed by atoms with Crippen LogP contribution in [0.25, 0.3) is 11.4 Å². The number of nitrogens with two attached hydrogens (primary N) is 1. The van der Waals surface area contributed by atoms with Crippen LogP contribution in [0, 0.1) is 0 Å². The monoisotopic (exact) mass is 287 g/mol. The van der Waals surface area contributed by atoms with Crippen LogP contribution in [0.5, 0.6) is 0 Å². The van der Waals surface area contributed by atoms with Crippen molar-refractivity contribution in [2.45, 2.75) is 32.6 Å². The quantitative estimate of drug-likeness (QED) is 0.679. The largest absolute Gasteiger partial charge is 0.330 e. The van der Waals surface area contributed by atoms with Crippen molar-refractivity contribution >= 4 is 11.6 Å². The average molecular weight is 287 g/mol. The number of aromatic amines is 1. The molecule has 0 fully saturated rings. The van der Waals surface area contributed by atoms with Crippen LogP contribution >= 0.6 is 0 Å². The Hall–Kier alpha value is -2.21. The summed E-state index contributed by atoms with van der Waals surface area (Å²) in [5.41, 5.74) is 7.16. The van der Waals surface area contributed by atoms with E-state index in [2.05, 4.69) is 20.5 Å². The molecule has 2 rings (SSSR count). The van der Waals surface area contributed by atoms with Crippen LogP contribution < -0.4 is 11.1 Å². The first-order valence-electron chi connectivity index (χ1n) is 7.18. The highest BCUT2D eigenvalue weighted by atomic mass is 16.1. The van der Waals surface area contributed by atoms with Gasteiger partial charge in [0.2, 0.25) is 5.91 Å². The Labute approximate surface area is 124 Å². The molecule has 0 bridgehead atoms. The zero-order valence-electron chi connectivity index (χ0n) is 12.2. The molecule has 0 atom stereocenters. The van der Waals surface area contributed by atoms with Gasteiger partial charge in [0, 0.05) is 24.6 Å². The van der Waals surface area contributed by atoms with Crippen LogP contribution in [0.2, 0.25) is 0 Å². The maximum atomic E-state index is 11.0. The molecule has 0 spiro atoms. The summed E-state index contributed by atoms with van der Waals surface area (Å²) in [6, 6.07) is 7.47. The van der Waals surface area contributed by atoms with Gasteiger partial charge < -0.3 is 11.1 Å². The molecular weight excluding hydrogens is 266 g/mol. The number of aryl methyl sites for hydroxylation is 1. The molecule has 2 aromatic rings. The van der Waals surface area contributed by atoms with Gasteiger partial charge in [-0.3, -0.25) is 9.89 Å². The smallest absolute Gasteiger partial charge is 0.221 e. The van der Waals surface area contributed by atoms with Gasteiger partial charge in [0.1, 0.15) is 5.82 Å². The van der Waals surface area contributed by atoms with E-state index in [1.807, 2.05) is 24.3 Å². The molecule has 21 heavy (non-hydrogen) atoms. The average Bonchev–Trinajstić information content (AvgIpc) is 2.93. The van der Waals surface area contributed by atoms with E-state index >= 15 is 0 Å². The number of aromatic nitrogens is 3. The van der Waals surface area contributed by atoms with Crippen LogP contribution in [0.3, 0.4) is 0 Å². The first-order chi connectivity index (χ1) is 10.2. The molecule has 1 aromatic heterocycles. The summed E-state index contributed by atoms with van der Waals surface area (Å²) in [6.07, 6.45) is 4.10. The van der Waals surface area contributed by atoms with Crippen molar-refractivity contribution in [3.8, 4) is 11.4 Å². The lowest BCUT2D eigenvalue weighted by molar-refractivity contribution is -0.114. The minimum Gasteiger partial charge on any atom is -0.330 e. The van der Waals surface area contributed by atoms with Crippen LogP contribution in [0.1, 0.15) is 32.0 Å². The number of carbonyl (C=O) groups excluding carboxylic acids is 1. The Morgan fingerprint density at radius 2 is 2.00 bits per heavy atom. The molecule has 1 aromatic carbocycles. The molecule has 0 saturated heterocycles. The number of benzene rings is 1. The Morgan fingerprint density at radius 1 is 1.24 bits per heavy atom. The van der Waals surface area contributed by atoms with Gasteiger partial charge in [-0.15, -0.1) is 0 Å². The number of nitrogens with one attached hydrogen (secondary N) is 2. The Balaban J connectivity index is 1.95. The summed E-state index contributed by atoms with van der Waals surface area (Å²) in [5, 5.41) is 9.92. The number of hydrogen-bond acceptors (Lipinski definition) is 4. The van der Waals surface area contributed by atoms with Crippen LogP contribution in [-0.2, 0) is 11.2 Å². The summed E-state index contributed by atoms with van der Waals surface area (Å²) < 4.78 is 0. The first kappa shape index (κ1) is 15.2. The van der Waals surface area contributed by atoms with Crippen molar-refractivity contribution in [2.75, 3.05) is 11.9 Å². The van der Waals surface area contributed by atoms with Crippen LogP contribution in [-0.4, -0.2) is 27.6 Å². The van der Waals surface area contributed by atoms with Crippen molar-refractivity contribution < 1.29 is 4.79 Å². The molecule has 6 heteroatoms. The molecular formula is C15H21N5O. The maximum Gasteiger partial charge on any atom is 0.221 e. The van der Waals surface area contributed by atoms with E-state index in [1.54, 1.807) is 0 Å². The summed E-state index contributed by atoms with van der Waals surface area (Å²) >= 11 is 0.